The number of aliphatic hydroxyl groups excluding tert-OH is 1. The third kappa shape index (κ3) is 13.6. The molecule has 0 bridgehead atoms. The number of alkyl halides is 6. The number of amides is 1. The zero-order chi connectivity index (χ0) is 34.8. The van der Waals surface area contributed by atoms with Crippen molar-refractivity contribution in [1.29, 1.82) is 0 Å². The number of halogens is 8. The number of ether oxygens (including phenoxy) is 1. The number of aromatic amines is 2. The minimum absolute atomic E-state index is 0.00937. The van der Waals surface area contributed by atoms with E-state index in [-0.39, 0.29) is 28.4 Å². The lowest BCUT2D eigenvalue weighted by molar-refractivity contribution is -0.106. The van der Waals surface area contributed by atoms with Gasteiger partial charge in [-0.15, -0.1) is 10.2 Å². The molecule has 1 amide bonds. The number of H-pyrrole nitrogens is 2. The van der Waals surface area contributed by atoms with E-state index in [9.17, 15) is 41.0 Å². The van der Waals surface area contributed by atoms with Crippen LogP contribution in [0.1, 0.15) is 33.8 Å². The predicted molar refractivity (Wildman–Crippen MR) is 158 cm³/mol. The molecule has 1 fully saturated rings. The monoisotopic (exact) mass is 754 g/mol. The van der Waals surface area contributed by atoms with Crippen LogP contribution in [-0.2, 0) is 0 Å². The molecule has 23 heteroatoms. The van der Waals surface area contributed by atoms with Crippen LogP contribution < -0.4 is 10.1 Å². The van der Waals surface area contributed by atoms with Crippen molar-refractivity contribution in [1.82, 2.24) is 41.0 Å². The molecule has 3 aromatic rings. The van der Waals surface area contributed by atoms with E-state index in [1.165, 1.54) is 0 Å². The van der Waals surface area contributed by atoms with Crippen molar-refractivity contribution in [2.75, 3.05) is 37.7 Å². The van der Waals surface area contributed by atoms with Crippen molar-refractivity contribution in [2.24, 2.45) is 0 Å². The molecule has 0 saturated carbocycles. The molecule has 4 rings (SSSR count). The summed E-state index contributed by atoms with van der Waals surface area (Å²) in [5.74, 6) is -3.84. The number of thioether (sulfide) groups is 2. The predicted octanol–water partition coefficient (Wildman–Crippen LogP) is 4.56. The molecule has 3 heterocycles. The Morgan fingerprint density at radius 3 is 2.06 bits per heavy atom. The molecular weight excluding hydrogens is 729 g/mol. The summed E-state index contributed by atoms with van der Waals surface area (Å²) in [6, 6.07) is 5.11. The zero-order valence-corrected chi connectivity index (χ0v) is 26.9. The summed E-state index contributed by atoms with van der Waals surface area (Å²) in [5.41, 5.74) is -0.740. The van der Waals surface area contributed by atoms with Crippen LogP contribution in [0.3, 0.4) is 0 Å². The Bertz CT molecular complexity index is 1470. The van der Waals surface area contributed by atoms with E-state index >= 15 is 0 Å². The van der Waals surface area contributed by atoms with Gasteiger partial charge in [-0.05, 0) is 25.0 Å². The van der Waals surface area contributed by atoms with Gasteiger partial charge in [-0.25, -0.2) is 4.79 Å². The van der Waals surface area contributed by atoms with Crippen LogP contribution in [0.15, 0.2) is 28.3 Å². The maximum Gasteiger partial charge on any atom is 0.398 e. The molecule has 1 atom stereocenters. The van der Waals surface area contributed by atoms with Crippen LogP contribution in [0.4, 0.5) is 26.3 Å². The van der Waals surface area contributed by atoms with E-state index in [0.717, 1.165) is 12.8 Å². The van der Waals surface area contributed by atoms with E-state index in [1.807, 2.05) is 4.90 Å². The second kappa shape index (κ2) is 17.4. The lowest BCUT2D eigenvalue weighted by Gasteiger charge is -2.33. The number of carbonyl (C=O) groups excluding carboxylic acids is 1. The third-order valence-corrected chi connectivity index (χ3v) is 8.74. The Morgan fingerprint density at radius 1 is 0.979 bits per heavy atom. The first kappa shape index (κ1) is 38.5. The summed E-state index contributed by atoms with van der Waals surface area (Å²) in [4.78, 5) is 24.7. The highest BCUT2D eigenvalue weighted by atomic mass is 35.5. The summed E-state index contributed by atoms with van der Waals surface area (Å²) in [6.45, 7) is 1.64. The highest BCUT2D eigenvalue weighted by molar-refractivity contribution is 7.99. The fourth-order valence-electron chi connectivity index (χ4n) is 3.84. The highest BCUT2D eigenvalue weighted by Gasteiger charge is 2.30. The number of β-amino-alcohol motifs (C(OH)–C–C–N with tert-alkyl or cyclic N) is 1. The largest absolute Gasteiger partial charge is 0.490 e. The van der Waals surface area contributed by atoms with Crippen LogP contribution in [0, 0.1) is 0 Å². The van der Waals surface area contributed by atoms with Crippen molar-refractivity contribution in [3.8, 4) is 5.75 Å². The number of aromatic carboxylic acids is 1. The highest BCUT2D eigenvalue weighted by Crippen LogP contribution is 2.29. The Balaban J connectivity index is 0.000000358. The summed E-state index contributed by atoms with van der Waals surface area (Å²) in [7, 11) is 0. The van der Waals surface area contributed by atoms with E-state index in [1.54, 1.807) is 18.2 Å². The third-order valence-electron chi connectivity index (χ3n) is 5.91. The minimum Gasteiger partial charge on any atom is -0.490 e. The van der Waals surface area contributed by atoms with Crippen molar-refractivity contribution in [3.63, 3.8) is 0 Å². The van der Waals surface area contributed by atoms with Crippen molar-refractivity contribution >= 4 is 58.6 Å². The van der Waals surface area contributed by atoms with Crippen molar-refractivity contribution in [2.45, 2.75) is 47.5 Å². The van der Waals surface area contributed by atoms with Gasteiger partial charge >= 0.3 is 18.3 Å². The average molecular weight is 756 g/mol. The van der Waals surface area contributed by atoms with Gasteiger partial charge in [-0.1, -0.05) is 57.2 Å². The van der Waals surface area contributed by atoms with Crippen LogP contribution in [-0.4, -0.2) is 120 Å². The topological polar surface area (TPSA) is 182 Å². The number of nitrogens with zero attached hydrogens (tertiary/aromatic N) is 5. The SMILES string of the molecule is O=C(NC[C@@H](O)CN1CCC(Oc2ccc(Cl)c(Cl)c2)CC1)c1nn[nH]c1SCC(F)(F)F.O=C(O)c1nn[nH]c1SCC(F)(F)F. The standard InChI is InChI=1S/C19H22Cl2F3N5O3S.C5H4F3N3O2S/c20-14-2-1-13(7-15(14)21)32-12-3-5-29(6-4-12)9-11(30)8-25-17(31)16-18(27-28-26-16)33-10-19(22,23)24;6-5(7,8)1-14-3-2(4(12)13)9-11-10-3/h1-2,7,11-12,30H,3-6,8-10H2,(H,25,31)(H,26,27,28);1H2,(H,12,13)(H,9,10,11)/t11-;/m1./s1. The van der Waals surface area contributed by atoms with E-state index in [0.29, 0.717) is 59.0 Å². The van der Waals surface area contributed by atoms with Crippen LogP contribution in [0.2, 0.25) is 10.0 Å². The zero-order valence-electron chi connectivity index (χ0n) is 23.7. The number of aromatic nitrogens is 6. The molecule has 260 valence electrons. The number of likely N-dealkylation sites (tertiary alicyclic amines) is 1. The molecule has 5 N–H and O–H groups in total. The van der Waals surface area contributed by atoms with E-state index in [2.05, 4.69) is 36.1 Å². The number of carboxylic acids is 1. The molecule has 47 heavy (non-hydrogen) atoms. The molecular formula is C24H26Cl2F6N8O5S2. The minimum atomic E-state index is -4.39. The molecule has 1 aliphatic heterocycles. The first-order chi connectivity index (χ1) is 22.0. The summed E-state index contributed by atoms with van der Waals surface area (Å²) in [6.07, 6.45) is -8.10. The molecule has 2 aromatic heterocycles. The fourth-order valence-corrected chi connectivity index (χ4v) is 5.49. The fraction of sp³-hybridized carbons (Fsp3) is 0.500. The lowest BCUT2D eigenvalue weighted by atomic mass is 10.1. The van der Waals surface area contributed by atoms with Gasteiger partial charge in [0.1, 0.15) is 21.9 Å². The number of hydrogen-bond donors (Lipinski definition) is 5. The van der Waals surface area contributed by atoms with Gasteiger partial charge in [0, 0.05) is 32.2 Å². The number of benzene rings is 1. The lowest BCUT2D eigenvalue weighted by Crippen LogP contribution is -2.45. The van der Waals surface area contributed by atoms with Crippen molar-refractivity contribution < 1.29 is 50.9 Å². The van der Waals surface area contributed by atoms with Gasteiger partial charge in [-0.3, -0.25) is 15.0 Å². The number of carboxylic acid groups (broad SMARTS) is 1. The first-order valence-electron chi connectivity index (χ1n) is 13.3. The van der Waals surface area contributed by atoms with Gasteiger partial charge < -0.3 is 25.2 Å². The number of aliphatic hydroxyl groups is 1. The molecule has 13 nitrogen and oxygen atoms in total. The first-order valence-corrected chi connectivity index (χ1v) is 16.0. The molecule has 1 aromatic carbocycles. The number of piperidine rings is 1. The molecule has 0 aliphatic carbocycles. The molecule has 1 aliphatic rings. The maximum absolute atomic E-state index is 12.4. The molecule has 0 unspecified atom stereocenters. The Morgan fingerprint density at radius 2 is 1.53 bits per heavy atom. The van der Waals surface area contributed by atoms with Crippen molar-refractivity contribution in [3.05, 3.63) is 39.6 Å². The van der Waals surface area contributed by atoms with E-state index in [4.69, 9.17) is 33.0 Å². The average Bonchev–Trinajstić information content (AvgIpc) is 3.66. The number of rotatable bonds is 12. The van der Waals surface area contributed by atoms with Gasteiger partial charge in [0.15, 0.2) is 5.69 Å². The Kier molecular flexibility index (Phi) is 14.3. The Hall–Kier alpha value is -2.98. The van der Waals surface area contributed by atoms with Crippen LogP contribution >= 0.6 is 46.7 Å². The smallest absolute Gasteiger partial charge is 0.398 e. The second-order valence-corrected chi connectivity index (χ2v) is 12.4. The molecule has 0 radical (unpaired) electrons. The number of hydrogen-bond acceptors (Lipinski definition) is 11. The van der Waals surface area contributed by atoms with Crippen LogP contribution in [0.5, 0.6) is 5.75 Å². The molecule has 1 saturated heterocycles. The summed E-state index contributed by atoms with van der Waals surface area (Å²) in [5, 5.41) is 39.3. The van der Waals surface area contributed by atoms with Crippen LogP contribution in [0.25, 0.3) is 0 Å². The second-order valence-electron chi connectivity index (χ2n) is 9.65. The quantitative estimate of drug-likeness (QED) is 0.129. The van der Waals surface area contributed by atoms with Gasteiger partial charge in [0.05, 0.1) is 27.7 Å². The normalized spacial score (nSPS) is 15.1. The van der Waals surface area contributed by atoms with Gasteiger partial charge in [-0.2, -0.15) is 26.3 Å². The Labute approximate surface area is 280 Å². The number of carbonyl (C=O) groups is 2. The van der Waals surface area contributed by atoms with Gasteiger partial charge in [0.25, 0.3) is 5.91 Å². The maximum atomic E-state index is 12.4. The van der Waals surface area contributed by atoms with Gasteiger partial charge in [0.2, 0.25) is 5.69 Å². The molecule has 0 spiro atoms. The van der Waals surface area contributed by atoms with E-state index < -0.39 is 47.5 Å². The summed E-state index contributed by atoms with van der Waals surface area (Å²) >= 11 is 12.6. The summed E-state index contributed by atoms with van der Waals surface area (Å²) < 4.78 is 78.4. The number of nitrogens with one attached hydrogen (secondary N) is 3.